The predicted molar refractivity (Wildman–Crippen MR) is 293 cm³/mol. The Labute approximate surface area is 425 Å². The number of likely N-dealkylation sites (N-methyl/N-ethyl adjacent to an activating group) is 1. The van der Waals surface area contributed by atoms with Crippen LogP contribution in [-0.4, -0.2) is 69.4 Å². The standard InChI is InChI=1S/C59H107N2O7P/c1-7-10-13-16-19-22-25-28-30-33-36-39-42-45-48-51-58(62)60-56(55-67-69(64,65)66-54-53-61(4,5)6)57(50-47-44-41-38-35-32-27-24-21-18-15-12-9-3)68-59(63)52-49-46-43-40-37-34-31-29-26-23-20-17-14-11-8-2/h11,14,17,19-20,22-23,25-26,28,47,50,56-57H,7-10,12-13,15-16,18,21,24,27,29-46,48-49,51-55H2,1-6H3,(H-,60,62,64,65)/b14-11+,20-17+,22-19+,26-23+,28-25+,50-47+. The number of phosphoric acid groups is 1. The van der Waals surface area contributed by atoms with Crippen molar-refractivity contribution in [3.63, 3.8) is 0 Å². The molecule has 400 valence electrons. The van der Waals surface area contributed by atoms with Crippen molar-refractivity contribution in [3.8, 4) is 0 Å². The van der Waals surface area contributed by atoms with Crippen molar-refractivity contribution in [2.45, 2.75) is 251 Å². The highest BCUT2D eigenvalue weighted by molar-refractivity contribution is 7.45. The minimum absolute atomic E-state index is 0.0294. The summed E-state index contributed by atoms with van der Waals surface area (Å²) in [6, 6.07) is -0.901. The summed E-state index contributed by atoms with van der Waals surface area (Å²) in [6.07, 6.45) is 61.4. The van der Waals surface area contributed by atoms with Gasteiger partial charge in [-0.3, -0.25) is 14.2 Å². The molecular formula is C59H107N2O7P. The zero-order valence-corrected chi connectivity index (χ0v) is 46.4. The molecule has 9 nitrogen and oxygen atoms in total. The molecule has 0 aromatic carbocycles. The van der Waals surface area contributed by atoms with E-state index in [4.69, 9.17) is 13.8 Å². The number of hydrogen-bond acceptors (Lipinski definition) is 7. The van der Waals surface area contributed by atoms with Crippen LogP contribution in [0.2, 0.25) is 0 Å². The first kappa shape index (κ1) is 66.5. The number of rotatable bonds is 50. The Morgan fingerprint density at radius 3 is 1.42 bits per heavy atom. The third kappa shape index (κ3) is 50.2. The molecule has 0 radical (unpaired) electrons. The van der Waals surface area contributed by atoms with Crippen LogP contribution in [0.4, 0.5) is 0 Å². The Bertz CT molecular complexity index is 1420. The van der Waals surface area contributed by atoms with Gasteiger partial charge in [-0.05, 0) is 76.7 Å². The van der Waals surface area contributed by atoms with E-state index in [1.165, 1.54) is 96.3 Å². The topological polar surface area (TPSA) is 114 Å². The van der Waals surface area contributed by atoms with Crippen LogP contribution >= 0.6 is 7.82 Å². The Morgan fingerprint density at radius 2 is 0.928 bits per heavy atom. The van der Waals surface area contributed by atoms with Gasteiger partial charge in [0.15, 0.2) is 0 Å². The molecule has 0 aliphatic heterocycles. The lowest BCUT2D eigenvalue weighted by atomic mass is 10.0. The summed E-state index contributed by atoms with van der Waals surface area (Å²) in [4.78, 5) is 39.8. The molecule has 0 aromatic heterocycles. The van der Waals surface area contributed by atoms with Gasteiger partial charge in [0.05, 0.1) is 33.8 Å². The van der Waals surface area contributed by atoms with E-state index in [1.54, 1.807) is 0 Å². The van der Waals surface area contributed by atoms with E-state index in [9.17, 15) is 19.0 Å². The lowest BCUT2D eigenvalue weighted by Crippen LogP contribution is -2.47. The average molecular weight is 987 g/mol. The summed E-state index contributed by atoms with van der Waals surface area (Å²) in [7, 11) is 1.16. The molecule has 0 heterocycles. The summed E-state index contributed by atoms with van der Waals surface area (Å²) >= 11 is 0. The van der Waals surface area contributed by atoms with Crippen LogP contribution in [0.25, 0.3) is 0 Å². The van der Waals surface area contributed by atoms with Crippen LogP contribution in [0, 0.1) is 0 Å². The minimum atomic E-state index is -4.70. The molecule has 10 heteroatoms. The maximum Gasteiger partial charge on any atom is 0.306 e. The maximum absolute atomic E-state index is 13.5. The second-order valence-electron chi connectivity index (χ2n) is 20.1. The van der Waals surface area contributed by atoms with Crippen LogP contribution < -0.4 is 10.2 Å². The molecule has 0 rings (SSSR count). The van der Waals surface area contributed by atoms with Gasteiger partial charge in [-0.1, -0.05) is 222 Å². The second kappa shape index (κ2) is 49.0. The third-order valence-electron chi connectivity index (χ3n) is 12.2. The largest absolute Gasteiger partial charge is 0.756 e. The van der Waals surface area contributed by atoms with Crippen molar-refractivity contribution < 1.29 is 37.3 Å². The number of hydrogen-bond donors (Lipinski definition) is 1. The smallest absolute Gasteiger partial charge is 0.306 e. The molecule has 0 saturated carbocycles. The zero-order valence-electron chi connectivity index (χ0n) is 45.5. The van der Waals surface area contributed by atoms with Crippen molar-refractivity contribution in [2.75, 3.05) is 40.9 Å². The van der Waals surface area contributed by atoms with Gasteiger partial charge in [0.2, 0.25) is 5.91 Å². The van der Waals surface area contributed by atoms with Crippen LogP contribution in [0.3, 0.4) is 0 Å². The third-order valence-corrected chi connectivity index (χ3v) is 13.2. The van der Waals surface area contributed by atoms with Crippen molar-refractivity contribution in [1.82, 2.24) is 5.32 Å². The number of esters is 1. The van der Waals surface area contributed by atoms with Crippen LogP contribution in [0.15, 0.2) is 72.9 Å². The van der Waals surface area contributed by atoms with Crippen molar-refractivity contribution in [2.24, 2.45) is 0 Å². The molecule has 0 aromatic rings. The molecule has 0 aliphatic rings. The van der Waals surface area contributed by atoms with Crippen molar-refractivity contribution in [3.05, 3.63) is 72.9 Å². The summed E-state index contributed by atoms with van der Waals surface area (Å²) in [5.74, 6) is -0.570. The number of nitrogens with one attached hydrogen (secondary N) is 1. The van der Waals surface area contributed by atoms with Gasteiger partial charge < -0.3 is 28.5 Å². The zero-order chi connectivity index (χ0) is 50.8. The molecule has 69 heavy (non-hydrogen) atoms. The number of unbranched alkanes of at least 4 members (excludes halogenated alkanes) is 27. The Kier molecular flexibility index (Phi) is 47.2. The van der Waals surface area contributed by atoms with Crippen LogP contribution in [0.1, 0.15) is 239 Å². The summed E-state index contributed by atoms with van der Waals surface area (Å²) in [6.45, 7) is 6.66. The van der Waals surface area contributed by atoms with E-state index in [0.717, 1.165) is 103 Å². The molecule has 0 bridgehead atoms. The SMILES string of the molecule is CC/C=C/C=C/C=C/CCCCCCCCCC(=O)OC(/C=C/CCCCCCCCCCCCC)C(COP(=O)([O-])OCC[N+](C)(C)C)NC(=O)CCCCCCCC/C=C/C=C/CCCCC. The van der Waals surface area contributed by atoms with Crippen molar-refractivity contribution >= 4 is 19.7 Å². The highest BCUT2D eigenvalue weighted by Gasteiger charge is 2.27. The summed E-state index contributed by atoms with van der Waals surface area (Å²) < 4.78 is 30.2. The molecular weight excluding hydrogens is 880 g/mol. The monoisotopic (exact) mass is 987 g/mol. The number of quaternary nitrogens is 1. The average Bonchev–Trinajstić information content (AvgIpc) is 3.31. The molecule has 3 unspecified atom stereocenters. The fraction of sp³-hybridized carbons (Fsp3) is 0.763. The molecule has 0 fully saturated rings. The maximum atomic E-state index is 13.5. The van der Waals surface area contributed by atoms with Gasteiger partial charge in [-0.25, -0.2) is 0 Å². The number of phosphoric ester groups is 1. The van der Waals surface area contributed by atoms with E-state index >= 15 is 0 Å². The number of nitrogens with zero attached hydrogens (tertiary/aromatic N) is 1. The number of ether oxygens (including phenoxy) is 1. The van der Waals surface area contributed by atoms with Crippen molar-refractivity contribution in [1.29, 1.82) is 0 Å². The number of carbonyl (C=O) groups is 2. The number of amides is 1. The first-order chi connectivity index (χ1) is 33.4. The first-order valence-electron chi connectivity index (χ1n) is 28.3. The molecule has 0 aliphatic carbocycles. The normalized spacial score (nSPS) is 14.4. The van der Waals surface area contributed by atoms with Gasteiger partial charge in [-0.2, -0.15) is 0 Å². The molecule has 0 saturated heterocycles. The minimum Gasteiger partial charge on any atom is -0.756 e. The lowest BCUT2D eigenvalue weighted by Gasteiger charge is -2.30. The highest BCUT2D eigenvalue weighted by atomic mass is 31.2. The van der Waals surface area contributed by atoms with Crippen LogP contribution in [0.5, 0.6) is 0 Å². The van der Waals surface area contributed by atoms with Gasteiger partial charge in [0, 0.05) is 12.8 Å². The first-order valence-corrected chi connectivity index (χ1v) is 29.8. The Balaban J connectivity index is 5.43. The van der Waals surface area contributed by atoms with Gasteiger partial charge >= 0.3 is 5.97 Å². The Morgan fingerprint density at radius 1 is 0.522 bits per heavy atom. The van der Waals surface area contributed by atoms with E-state index < -0.39 is 26.6 Å². The highest BCUT2D eigenvalue weighted by Crippen LogP contribution is 2.38. The number of carbonyl (C=O) groups excluding carboxylic acids is 2. The van der Waals surface area contributed by atoms with Gasteiger partial charge in [0.1, 0.15) is 19.3 Å². The van der Waals surface area contributed by atoms with E-state index in [2.05, 4.69) is 86.8 Å². The molecule has 1 N–H and O–H groups in total. The predicted octanol–water partition coefficient (Wildman–Crippen LogP) is 16.3. The molecule has 3 atom stereocenters. The fourth-order valence-corrected chi connectivity index (χ4v) is 8.53. The van der Waals surface area contributed by atoms with E-state index in [1.807, 2.05) is 33.3 Å². The van der Waals surface area contributed by atoms with Gasteiger partial charge in [0.25, 0.3) is 7.82 Å². The molecule has 0 spiro atoms. The van der Waals surface area contributed by atoms with Gasteiger partial charge in [-0.15, -0.1) is 0 Å². The van der Waals surface area contributed by atoms with E-state index in [-0.39, 0.29) is 24.9 Å². The summed E-state index contributed by atoms with van der Waals surface area (Å²) in [5, 5.41) is 3.01. The molecule has 1 amide bonds. The van der Waals surface area contributed by atoms with Crippen LogP contribution in [-0.2, 0) is 27.9 Å². The number of allylic oxidation sites excluding steroid dienone is 11. The Hall–Kier alpha value is -2.55. The second-order valence-corrected chi connectivity index (χ2v) is 21.6. The quantitative estimate of drug-likeness (QED) is 0.0161. The fourth-order valence-electron chi connectivity index (χ4n) is 7.81. The van der Waals surface area contributed by atoms with E-state index in [0.29, 0.717) is 23.9 Å². The lowest BCUT2D eigenvalue weighted by molar-refractivity contribution is -0.870. The summed E-state index contributed by atoms with van der Waals surface area (Å²) in [5.41, 5.74) is 0.